The number of rotatable bonds is 0. The van der Waals surface area contributed by atoms with Gasteiger partial charge in [0.05, 0.1) is 12.7 Å². The Bertz CT molecular complexity index is 104. The SMILES string of the molecule is CC1CCOS(=S)O1. The molecule has 0 aromatic carbocycles. The highest BCUT2D eigenvalue weighted by molar-refractivity contribution is 8.23. The summed E-state index contributed by atoms with van der Waals surface area (Å²) in [6, 6.07) is 0. The van der Waals surface area contributed by atoms with Gasteiger partial charge in [0.15, 0.2) is 0 Å². The Balaban J connectivity index is 2.34. The van der Waals surface area contributed by atoms with Gasteiger partial charge in [-0.25, -0.2) is 0 Å². The van der Waals surface area contributed by atoms with E-state index in [1.165, 1.54) is 0 Å². The van der Waals surface area contributed by atoms with Gasteiger partial charge < -0.3 is 0 Å². The highest BCUT2D eigenvalue weighted by atomic mass is 32.8. The molecule has 1 fully saturated rings. The lowest BCUT2D eigenvalue weighted by molar-refractivity contribution is 0.142. The van der Waals surface area contributed by atoms with E-state index in [2.05, 4.69) is 0 Å². The molecule has 2 unspecified atom stereocenters. The summed E-state index contributed by atoms with van der Waals surface area (Å²) in [6.45, 7) is 2.77. The first-order valence-electron chi connectivity index (χ1n) is 2.51. The van der Waals surface area contributed by atoms with E-state index in [1.807, 2.05) is 6.92 Å². The van der Waals surface area contributed by atoms with Gasteiger partial charge in [-0.2, -0.15) is 0 Å². The molecule has 8 heavy (non-hydrogen) atoms. The van der Waals surface area contributed by atoms with Crippen LogP contribution in [0.25, 0.3) is 0 Å². The highest BCUT2D eigenvalue weighted by Crippen LogP contribution is 2.08. The minimum absolute atomic E-state index is 0.296. The van der Waals surface area contributed by atoms with Gasteiger partial charge >= 0.3 is 0 Å². The Morgan fingerprint density at radius 2 is 2.50 bits per heavy atom. The van der Waals surface area contributed by atoms with Gasteiger partial charge in [0, 0.05) is 11.2 Å². The molecular weight excluding hydrogens is 144 g/mol. The van der Waals surface area contributed by atoms with Gasteiger partial charge in [0.1, 0.15) is 10.0 Å². The Morgan fingerprint density at radius 3 is 2.88 bits per heavy atom. The normalized spacial score (nSPS) is 39.6. The molecule has 4 heteroatoms. The molecule has 0 bridgehead atoms. The summed E-state index contributed by atoms with van der Waals surface area (Å²) in [6.07, 6.45) is 1.27. The van der Waals surface area contributed by atoms with Gasteiger partial charge in [-0.1, -0.05) is 0 Å². The molecule has 0 saturated carbocycles. The van der Waals surface area contributed by atoms with Crippen LogP contribution in [0, 0.1) is 0 Å². The monoisotopic (exact) mass is 152 g/mol. The zero-order valence-electron chi connectivity index (χ0n) is 4.62. The molecule has 0 aromatic heterocycles. The van der Waals surface area contributed by atoms with Crippen molar-refractivity contribution >= 4 is 21.2 Å². The first-order chi connectivity index (χ1) is 3.79. The van der Waals surface area contributed by atoms with Crippen LogP contribution in [0.15, 0.2) is 0 Å². The zero-order chi connectivity index (χ0) is 5.98. The van der Waals surface area contributed by atoms with Crippen LogP contribution in [0.2, 0.25) is 0 Å². The smallest absolute Gasteiger partial charge is 0.149 e. The fourth-order valence-corrected chi connectivity index (χ4v) is 1.75. The van der Waals surface area contributed by atoms with Gasteiger partial charge in [-0.3, -0.25) is 8.37 Å². The van der Waals surface area contributed by atoms with Crippen molar-refractivity contribution in [2.75, 3.05) is 6.61 Å². The molecule has 0 aromatic rings. The molecule has 1 rings (SSSR count). The Kier molecular flexibility index (Phi) is 2.37. The highest BCUT2D eigenvalue weighted by Gasteiger charge is 2.11. The maximum atomic E-state index is 5.11. The molecule has 1 saturated heterocycles. The number of hydrogen-bond donors (Lipinski definition) is 0. The third-order valence-electron chi connectivity index (χ3n) is 0.947. The Labute approximate surface area is 56.2 Å². The second-order valence-electron chi connectivity index (χ2n) is 1.72. The predicted octanol–water partition coefficient (Wildman–Crippen LogP) is 0.722. The maximum Gasteiger partial charge on any atom is 0.149 e. The maximum absolute atomic E-state index is 5.11. The molecule has 0 radical (unpaired) electrons. The van der Waals surface area contributed by atoms with E-state index in [4.69, 9.17) is 19.6 Å². The Hall–Kier alpha value is 0.490. The van der Waals surface area contributed by atoms with Crippen LogP contribution < -0.4 is 0 Å². The Morgan fingerprint density at radius 1 is 1.75 bits per heavy atom. The van der Waals surface area contributed by atoms with E-state index in [9.17, 15) is 0 Å². The topological polar surface area (TPSA) is 18.5 Å². The van der Waals surface area contributed by atoms with E-state index >= 15 is 0 Å². The van der Waals surface area contributed by atoms with E-state index in [-0.39, 0.29) is 0 Å². The average molecular weight is 152 g/mol. The van der Waals surface area contributed by atoms with Gasteiger partial charge in [-0.05, 0) is 13.3 Å². The second-order valence-corrected chi connectivity index (χ2v) is 3.37. The lowest BCUT2D eigenvalue weighted by Gasteiger charge is -2.18. The molecule has 1 heterocycles. The van der Waals surface area contributed by atoms with Gasteiger partial charge in [0.2, 0.25) is 0 Å². The van der Waals surface area contributed by atoms with Crippen molar-refractivity contribution < 1.29 is 8.37 Å². The van der Waals surface area contributed by atoms with Gasteiger partial charge in [0.25, 0.3) is 0 Å². The molecule has 2 nitrogen and oxygen atoms in total. The molecule has 48 valence electrons. The summed E-state index contributed by atoms with van der Waals surface area (Å²) in [5.74, 6) is 0. The van der Waals surface area contributed by atoms with Crippen molar-refractivity contribution in [2.24, 2.45) is 0 Å². The van der Waals surface area contributed by atoms with Crippen molar-refractivity contribution in [1.82, 2.24) is 0 Å². The van der Waals surface area contributed by atoms with Crippen molar-refractivity contribution in [3.05, 3.63) is 0 Å². The average Bonchev–Trinajstić information content (AvgIpc) is 1.64. The first-order valence-corrected chi connectivity index (χ1v) is 4.51. The molecular formula is C4H8O2S2. The lowest BCUT2D eigenvalue weighted by Crippen LogP contribution is -2.20. The van der Waals surface area contributed by atoms with Crippen LogP contribution in [0.3, 0.4) is 0 Å². The molecule has 0 N–H and O–H groups in total. The third-order valence-corrected chi connectivity index (χ3v) is 2.32. The summed E-state index contributed by atoms with van der Waals surface area (Å²) < 4.78 is 10.1. The van der Waals surface area contributed by atoms with Crippen molar-refractivity contribution in [3.63, 3.8) is 0 Å². The third kappa shape index (κ3) is 1.78. The molecule has 0 amide bonds. The van der Waals surface area contributed by atoms with Crippen molar-refractivity contribution in [3.8, 4) is 0 Å². The molecule has 1 aliphatic heterocycles. The summed E-state index contributed by atoms with van der Waals surface area (Å²) in [4.78, 5) is 0. The van der Waals surface area contributed by atoms with Crippen LogP contribution >= 0.6 is 0 Å². The summed E-state index contributed by atoms with van der Waals surface area (Å²) in [7, 11) is -0.637. The minimum Gasteiger partial charge on any atom is -0.291 e. The quantitative estimate of drug-likeness (QED) is 0.509. The summed E-state index contributed by atoms with van der Waals surface area (Å²) >= 11 is 4.75. The van der Waals surface area contributed by atoms with Crippen LogP contribution in [0.1, 0.15) is 13.3 Å². The van der Waals surface area contributed by atoms with Crippen molar-refractivity contribution in [1.29, 1.82) is 0 Å². The molecule has 2 atom stereocenters. The van der Waals surface area contributed by atoms with E-state index < -0.39 is 10.0 Å². The van der Waals surface area contributed by atoms with Crippen molar-refractivity contribution in [2.45, 2.75) is 19.4 Å². The summed E-state index contributed by atoms with van der Waals surface area (Å²) in [5, 5.41) is 0. The van der Waals surface area contributed by atoms with Crippen LogP contribution in [0.4, 0.5) is 0 Å². The predicted molar refractivity (Wildman–Crippen MR) is 35.8 cm³/mol. The minimum atomic E-state index is -0.637. The molecule has 0 spiro atoms. The lowest BCUT2D eigenvalue weighted by atomic mass is 10.3. The van der Waals surface area contributed by atoms with Gasteiger partial charge in [-0.15, -0.1) is 0 Å². The first kappa shape index (κ1) is 6.61. The van der Waals surface area contributed by atoms with E-state index in [0.29, 0.717) is 6.10 Å². The fraction of sp³-hybridized carbons (Fsp3) is 1.00. The van der Waals surface area contributed by atoms with E-state index in [1.54, 1.807) is 0 Å². The van der Waals surface area contributed by atoms with Crippen LogP contribution in [-0.4, -0.2) is 12.7 Å². The zero-order valence-corrected chi connectivity index (χ0v) is 6.26. The standard InChI is InChI=1S/C4H8O2S2/c1-4-2-3-5-8(7)6-4/h4H,2-3H2,1H3. The number of hydrogen-bond acceptors (Lipinski definition) is 3. The van der Waals surface area contributed by atoms with E-state index in [0.717, 1.165) is 13.0 Å². The van der Waals surface area contributed by atoms with Crippen LogP contribution in [0.5, 0.6) is 0 Å². The molecule has 0 aliphatic carbocycles. The largest absolute Gasteiger partial charge is 0.291 e. The second kappa shape index (κ2) is 2.87. The summed E-state index contributed by atoms with van der Waals surface area (Å²) in [5.41, 5.74) is 0. The molecule has 1 aliphatic rings. The fourth-order valence-electron chi connectivity index (χ4n) is 0.492. The van der Waals surface area contributed by atoms with Crippen LogP contribution in [-0.2, 0) is 29.6 Å².